The minimum Gasteiger partial charge on any atom is -0.395 e. The van der Waals surface area contributed by atoms with Crippen LogP contribution in [0.4, 0.5) is 4.39 Å². The molecule has 0 unspecified atom stereocenters. The molecule has 1 saturated carbocycles. The highest BCUT2D eigenvalue weighted by atomic mass is 32.2. The molecule has 1 aromatic carbocycles. The van der Waals surface area contributed by atoms with Crippen molar-refractivity contribution in [2.75, 3.05) is 12.4 Å². The first kappa shape index (κ1) is 14.0. The fourth-order valence-corrected chi connectivity index (χ4v) is 4.65. The van der Waals surface area contributed by atoms with Gasteiger partial charge in [-0.25, -0.2) is 12.8 Å². The lowest BCUT2D eigenvalue weighted by Gasteiger charge is -2.03. The van der Waals surface area contributed by atoms with Gasteiger partial charge in [-0.05, 0) is 17.7 Å². The number of rotatable bonds is 4. The summed E-state index contributed by atoms with van der Waals surface area (Å²) in [6, 6.07) is 7.44. The summed E-state index contributed by atoms with van der Waals surface area (Å²) in [7, 11) is -3.47. The monoisotopic (exact) mass is 283 g/mol. The number of aliphatic hydroxyl groups is 1. The Morgan fingerprint density at radius 3 is 2.68 bits per heavy atom. The third kappa shape index (κ3) is 2.03. The lowest BCUT2D eigenvalue weighted by molar-refractivity contribution is 0.242. The van der Waals surface area contributed by atoms with Gasteiger partial charge in [0.25, 0.3) is 0 Å². The van der Waals surface area contributed by atoms with Crippen molar-refractivity contribution in [2.45, 2.75) is 18.1 Å². The Balaban J connectivity index is 2.49. The molecule has 0 bridgehead atoms. The van der Waals surface area contributed by atoms with Crippen molar-refractivity contribution in [1.29, 1.82) is 5.26 Å². The molecule has 0 aromatic heterocycles. The van der Waals surface area contributed by atoms with E-state index >= 15 is 0 Å². The van der Waals surface area contributed by atoms with Crippen molar-refractivity contribution in [3.8, 4) is 6.07 Å². The third-order valence-corrected chi connectivity index (χ3v) is 5.99. The fourth-order valence-electron chi connectivity index (χ4n) is 2.64. The van der Waals surface area contributed by atoms with Crippen LogP contribution in [0.5, 0.6) is 0 Å². The van der Waals surface area contributed by atoms with Crippen LogP contribution in [0.2, 0.25) is 0 Å². The Labute approximate surface area is 111 Å². The normalized spacial score (nSPS) is 29.8. The van der Waals surface area contributed by atoms with E-state index < -0.39 is 38.8 Å². The van der Waals surface area contributed by atoms with Crippen molar-refractivity contribution >= 4 is 9.84 Å². The first-order valence-electron chi connectivity index (χ1n) is 5.92. The van der Waals surface area contributed by atoms with Crippen LogP contribution in [-0.4, -0.2) is 31.1 Å². The maximum Gasteiger partial charge on any atom is 0.155 e. The minimum atomic E-state index is -3.47. The van der Waals surface area contributed by atoms with Gasteiger partial charge >= 0.3 is 0 Å². The van der Waals surface area contributed by atoms with Gasteiger partial charge in [0, 0.05) is 11.7 Å². The van der Waals surface area contributed by atoms with Gasteiger partial charge in [0.15, 0.2) is 9.84 Å². The topological polar surface area (TPSA) is 78.2 Å². The highest BCUT2D eigenvalue weighted by Crippen LogP contribution is 2.62. The Hall–Kier alpha value is -1.45. The molecule has 4 nitrogen and oxygen atoms in total. The zero-order valence-corrected chi connectivity index (χ0v) is 11.2. The Morgan fingerprint density at radius 1 is 1.53 bits per heavy atom. The Kier molecular flexibility index (Phi) is 3.37. The van der Waals surface area contributed by atoms with Crippen molar-refractivity contribution in [2.24, 2.45) is 5.41 Å². The molecule has 0 saturated heterocycles. The molecule has 0 heterocycles. The molecule has 1 aliphatic rings. The Morgan fingerprint density at radius 2 is 2.21 bits per heavy atom. The number of nitrogens with zero attached hydrogens (tertiary/aromatic N) is 1. The molecule has 6 heteroatoms. The van der Waals surface area contributed by atoms with Crippen molar-refractivity contribution < 1.29 is 17.9 Å². The smallest absolute Gasteiger partial charge is 0.155 e. The van der Waals surface area contributed by atoms with Crippen LogP contribution in [0, 0.1) is 22.6 Å². The molecule has 0 spiro atoms. The molecule has 1 aromatic rings. The number of hydrogen-bond acceptors (Lipinski definition) is 4. The molecule has 0 amide bonds. The average molecular weight is 283 g/mol. The number of sulfone groups is 1. The van der Waals surface area contributed by atoms with E-state index in [4.69, 9.17) is 0 Å². The highest BCUT2D eigenvalue weighted by molar-refractivity contribution is 7.92. The summed E-state index contributed by atoms with van der Waals surface area (Å²) in [5.74, 6) is -1.25. The maximum atomic E-state index is 13.2. The van der Waals surface area contributed by atoms with Gasteiger partial charge in [0.05, 0.1) is 17.9 Å². The lowest BCUT2D eigenvalue weighted by Crippen LogP contribution is -2.19. The molecule has 1 aliphatic carbocycles. The first-order valence-corrected chi connectivity index (χ1v) is 7.63. The number of halogens is 1. The second-order valence-corrected chi connectivity index (χ2v) is 7.13. The highest BCUT2D eigenvalue weighted by Gasteiger charge is 2.71. The molecular weight excluding hydrogens is 269 g/mol. The van der Waals surface area contributed by atoms with E-state index in [1.54, 1.807) is 6.07 Å². The van der Waals surface area contributed by atoms with E-state index in [9.17, 15) is 23.2 Å². The van der Waals surface area contributed by atoms with Crippen LogP contribution < -0.4 is 0 Å². The quantitative estimate of drug-likeness (QED) is 0.901. The van der Waals surface area contributed by atoms with Crippen LogP contribution in [0.3, 0.4) is 0 Å². The summed E-state index contributed by atoms with van der Waals surface area (Å²) >= 11 is 0. The molecular formula is C13H14FNO3S. The molecule has 0 aliphatic heterocycles. The van der Waals surface area contributed by atoms with E-state index in [-0.39, 0.29) is 5.75 Å². The first-order chi connectivity index (χ1) is 8.93. The molecule has 1 N–H and O–H groups in total. The second-order valence-electron chi connectivity index (χ2n) is 4.72. The predicted octanol–water partition coefficient (Wildman–Crippen LogP) is 1.23. The largest absolute Gasteiger partial charge is 0.395 e. The van der Waals surface area contributed by atoms with Gasteiger partial charge in [0.1, 0.15) is 11.2 Å². The minimum absolute atomic E-state index is 0.104. The van der Waals surface area contributed by atoms with Gasteiger partial charge in [-0.2, -0.15) is 5.26 Å². The summed E-state index contributed by atoms with van der Waals surface area (Å²) in [4.78, 5) is 0. The molecule has 102 valence electrons. The third-order valence-electron chi connectivity index (χ3n) is 3.72. The molecule has 0 radical (unpaired) electrons. The van der Waals surface area contributed by atoms with Crippen molar-refractivity contribution in [3.63, 3.8) is 0 Å². The van der Waals surface area contributed by atoms with Crippen molar-refractivity contribution in [1.82, 2.24) is 0 Å². The van der Waals surface area contributed by atoms with Crippen molar-refractivity contribution in [3.05, 3.63) is 35.6 Å². The SMILES string of the molecule is CCS(=O)(=O)[C@H]1[C@H](c2cccc(F)c2)[C@@]1(C#N)CO. The number of benzene rings is 1. The van der Waals surface area contributed by atoms with Crippen LogP contribution in [0.1, 0.15) is 18.4 Å². The van der Waals surface area contributed by atoms with Gasteiger partial charge in [0.2, 0.25) is 0 Å². The Bertz CT molecular complexity index is 638. The van der Waals surface area contributed by atoms with Crippen LogP contribution in [0.25, 0.3) is 0 Å². The predicted molar refractivity (Wildman–Crippen MR) is 67.5 cm³/mol. The number of nitriles is 1. The molecule has 3 atom stereocenters. The van der Waals surface area contributed by atoms with Crippen LogP contribution in [0.15, 0.2) is 24.3 Å². The van der Waals surface area contributed by atoms with Crippen LogP contribution >= 0.6 is 0 Å². The molecule has 2 rings (SSSR count). The van der Waals surface area contributed by atoms with Gasteiger partial charge in [-0.3, -0.25) is 0 Å². The van der Waals surface area contributed by atoms with E-state index in [2.05, 4.69) is 0 Å². The summed E-state index contributed by atoms with van der Waals surface area (Å²) in [5, 5.41) is 17.7. The van der Waals surface area contributed by atoms with E-state index in [1.165, 1.54) is 25.1 Å². The molecule has 1 fully saturated rings. The molecule has 19 heavy (non-hydrogen) atoms. The van der Waals surface area contributed by atoms with E-state index in [0.717, 1.165) is 0 Å². The van der Waals surface area contributed by atoms with Gasteiger partial charge in [-0.15, -0.1) is 0 Å². The summed E-state index contributed by atoms with van der Waals surface area (Å²) < 4.78 is 37.2. The van der Waals surface area contributed by atoms with E-state index in [0.29, 0.717) is 5.56 Å². The van der Waals surface area contributed by atoms with E-state index in [1.807, 2.05) is 6.07 Å². The van der Waals surface area contributed by atoms with Crippen LogP contribution in [-0.2, 0) is 9.84 Å². The number of hydrogen-bond donors (Lipinski definition) is 1. The standard InChI is InChI=1S/C13H14FNO3S/c1-2-19(17,18)12-11(13(12,7-15)8-16)9-4-3-5-10(14)6-9/h3-6,11-12,16H,2,8H2,1H3/t11-,12-,13+/m0/s1. The average Bonchev–Trinajstić information content (AvgIpc) is 3.09. The lowest BCUT2D eigenvalue weighted by atomic mass is 10.0. The summed E-state index contributed by atoms with van der Waals surface area (Å²) in [6.07, 6.45) is 0. The number of aliphatic hydroxyl groups excluding tert-OH is 1. The summed E-state index contributed by atoms with van der Waals surface area (Å²) in [6.45, 7) is 0.949. The zero-order valence-electron chi connectivity index (χ0n) is 10.4. The second kappa shape index (κ2) is 4.58. The fraction of sp³-hybridized carbons (Fsp3) is 0.462. The zero-order chi connectivity index (χ0) is 14.3. The summed E-state index contributed by atoms with van der Waals surface area (Å²) in [5.41, 5.74) is -0.902. The van der Waals surface area contributed by atoms with Gasteiger partial charge in [-0.1, -0.05) is 19.1 Å². The van der Waals surface area contributed by atoms with Gasteiger partial charge < -0.3 is 5.11 Å². The maximum absolute atomic E-state index is 13.2.